The van der Waals surface area contributed by atoms with Gasteiger partial charge in [-0.25, -0.2) is 9.48 Å². The van der Waals surface area contributed by atoms with Crippen molar-refractivity contribution in [2.45, 2.75) is 6.92 Å². The number of ether oxygens (including phenoxy) is 1. The first-order chi connectivity index (χ1) is 9.52. The molecule has 0 amide bonds. The van der Waals surface area contributed by atoms with Gasteiger partial charge in [-0.3, -0.25) is 4.79 Å². The van der Waals surface area contributed by atoms with Gasteiger partial charge in [0.05, 0.1) is 12.3 Å². The lowest BCUT2D eigenvalue weighted by molar-refractivity contribution is 0.0694. The van der Waals surface area contributed by atoms with E-state index in [-0.39, 0.29) is 5.56 Å². The van der Waals surface area contributed by atoms with Gasteiger partial charge in [-0.1, -0.05) is 12.1 Å². The number of aromatic carboxylic acids is 1. The number of benzene rings is 1. The van der Waals surface area contributed by atoms with E-state index in [4.69, 9.17) is 9.84 Å². The van der Waals surface area contributed by atoms with E-state index in [2.05, 4.69) is 5.10 Å². The number of hydrogen-bond donors (Lipinski definition) is 1. The standard InChI is InChI=1S/C14H14N2O4/c1-3-20-10-6-4-5-9(7-10)12-8-11(14(18)19)13(17)16(2)15-12/h4-8H,3H2,1-2H3,(H,18,19). The molecule has 1 aromatic carbocycles. The first-order valence-electron chi connectivity index (χ1n) is 6.07. The van der Waals surface area contributed by atoms with Gasteiger partial charge >= 0.3 is 5.97 Å². The van der Waals surface area contributed by atoms with Gasteiger partial charge in [-0.15, -0.1) is 0 Å². The maximum absolute atomic E-state index is 11.7. The van der Waals surface area contributed by atoms with Gasteiger partial charge in [0, 0.05) is 12.6 Å². The van der Waals surface area contributed by atoms with E-state index in [1.165, 1.54) is 13.1 Å². The summed E-state index contributed by atoms with van der Waals surface area (Å²) in [6, 6.07) is 8.39. The predicted molar refractivity (Wildman–Crippen MR) is 73.0 cm³/mol. The number of nitrogens with zero attached hydrogens (tertiary/aromatic N) is 2. The van der Waals surface area contributed by atoms with Gasteiger partial charge in [0.2, 0.25) is 0 Å². The largest absolute Gasteiger partial charge is 0.494 e. The number of aromatic nitrogens is 2. The minimum atomic E-state index is -1.27. The summed E-state index contributed by atoms with van der Waals surface area (Å²) in [5.74, 6) is -0.604. The lowest BCUT2D eigenvalue weighted by Crippen LogP contribution is -2.26. The molecule has 0 fully saturated rings. The summed E-state index contributed by atoms with van der Waals surface area (Å²) in [6.07, 6.45) is 0. The van der Waals surface area contributed by atoms with Crippen LogP contribution in [0.25, 0.3) is 11.3 Å². The molecule has 0 saturated heterocycles. The van der Waals surface area contributed by atoms with Crippen LogP contribution < -0.4 is 10.3 Å². The van der Waals surface area contributed by atoms with E-state index in [0.717, 1.165) is 4.68 Å². The summed E-state index contributed by atoms with van der Waals surface area (Å²) < 4.78 is 6.41. The van der Waals surface area contributed by atoms with Gasteiger partial charge in [-0.05, 0) is 25.1 Å². The third kappa shape index (κ3) is 2.69. The lowest BCUT2D eigenvalue weighted by atomic mass is 10.1. The van der Waals surface area contributed by atoms with Crippen molar-refractivity contribution >= 4 is 5.97 Å². The number of hydrogen-bond acceptors (Lipinski definition) is 4. The Morgan fingerprint density at radius 2 is 2.15 bits per heavy atom. The van der Waals surface area contributed by atoms with Crippen LogP contribution in [0.1, 0.15) is 17.3 Å². The Hall–Kier alpha value is -2.63. The average molecular weight is 274 g/mol. The van der Waals surface area contributed by atoms with Crippen LogP contribution in [0, 0.1) is 0 Å². The van der Waals surface area contributed by atoms with Crippen LogP contribution in [0.2, 0.25) is 0 Å². The van der Waals surface area contributed by atoms with Crippen LogP contribution in [0.4, 0.5) is 0 Å². The third-order valence-electron chi connectivity index (χ3n) is 2.73. The smallest absolute Gasteiger partial charge is 0.341 e. The number of carbonyl (C=O) groups is 1. The summed E-state index contributed by atoms with van der Waals surface area (Å²) in [4.78, 5) is 22.7. The molecular formula is C14H14N2O4. The van der Waals surface area contributed by atoms with Crippen molar-refractivity contribution in [2.75, 3.05) is 6.61 Å². The molecule has 1 aromatic heterocycles. The summed E-state index contributed by atoms with van der Waals surface area (Å²) in [6.45, 7) is 2.41. The highest BCUT2D eigenvalue weighted by molar-refractivity contribution is 5.88. The van der Waals surface area contributed by atoms with Crippen molar-refractivity contribution < 1.29 is 14.6 Å². The normalized spacial score (nSPS) is 10.3. The van der Waals surface area contributed by atoms with Gasteiger partial charge < -0.3 is 9.84 Å². The second-order valence-corrected chi connectivity index (χ2v) is 4.14. The molecule has 0 bridgehead atoms. The lowest BCUT2D eigenvalue weighted by Gasteiger charge is -2.07. The summed E-state index contributed by atoms with van der Waals surface area (Å²) in [5.41, 5.74) is 0.154. The predicted octanol–water partition coefficient (Wildman–Crippen LogP) is 1.54. The monoisotopic (exact) mass is 274 g/mol. The fourth-order valence-corrected chi connectivity index (χ4v) is 1.81. The van der Waals surface area contributed by atoms with Crippen molar-refractivity contribution in [3.63, 3.8) is 0 Å². The highest BCUT2D eigenvalue weighted by Crippen LogP contribution is 2.22. The van der Waals surface area contributed by atoms with Crippen molar-refractivity contribution in [1.82, 2.24) is 9.78 Å². The van der Waals surface area contributed by atoms with Crippen LogP contribution in [0.3, 0.4) is 0 Å². The van der Waals surface area contributed by atoms with E-state index in [1.807, 2.05) is 6.92 Å². The van der Waals surface area contributed by atoms with E-state index < -0.39 is 11.5 Å². The van der Waals surface area contributed by atoms with E-state index in [0.29, 0.717) is 23.6 Å². The number of carboxylic acids is 1. The second-order valence-electron chi connectivity index (χ2n) is 4.14. The molecule has 2 aromatic rings. The molecule has 2 rings (SSSR count). The zero-order chi connectivity index (χ0) is 14.7. The minimum Gasteiger partial charge on any atom is -0.494 e. The minimum absolute atomic E-state index is 0.306. The van der Waals surface area contributed by atoms with Crippen LogP contribution in [0.5, 0.6) is 5.75 Å². The third-order valence-corrected chi connectivity index (χ3v) is 2.73. The summed E-state index contributed by atoms with van der Waals surface area (Å²) in [7, 11) is 1.42. The fraction of sp³-hybridized carbons (Fsp3) is 0.214. The SMILES string of the molecule is CCOc1cccc(-c2cc(C(=O)O)c(=O)n(C)n2)c1. The highest BCUT2D eigenvalue weighted by Gasteiger charge is 2.14. The number of aryl methyl sites for hydroxylation is 1. The topological polar surface area (TPSA) is 81.4 Å². The van der Waals surface area contributed by atoms with E-state index in [1.54, 1.807) is 24.3 Å². The molecular weight excluding hydrogens is 260 g/mol. The molecule has 104 valence electrons. The van der Waals surface area contributed by atoms with Crippen molar-refractivity contribution in [1.29, 1.82) is 0 Å². The van der Waals surface area contributed by atoms with Crippen LogP contribution in [-0.2, 0) is 7.05 Å². The highest BCUT2D eigenvalue weighted by atomic mass is 16.5. The van der Waals surface area contributed by atoms with Crippen molar-refractivity contribution in [3.8, 4) is 17.0 Å². The quantitative estimate of drug-likeness (QED) is 0.914. The first-order valence-corrected chi connectivity index (χ1v) is 6.07. The molecule has 0 spiro atoms. The molecule has 0 aliphatic rings. The van der Waals surface area contributed by atoms with Gasteiger partial charge in [0.25, 0.3) is 5.56 Å². The Morgan fingerprint density at radius 3 is 2.80 bits per heavy atom. The van der Waals surface area contributed by atoms with Gasteiger partial charge in [0.1, 0.15) is 11.3 Å². The van der Waals surface area contributed by atoms with Gasteiger partial charge in [0.15, 0.2) is 0 Å². The van der Waals surface area contributed by atoms with E-state index in [9.17, 15) is 9.59 Å². The maximum Gasteiger partial charge on any atom is 0.341 e. The summed E-state index contributed by atoms with van der Waals surface area (Å²) in [5, 5.41) is 13.1. The molecule has 0 aliphatic heterocycles. The Kier molecular flexibility index (Phi) is 3.84. The van der Waals surface area contributed by atoms with E-state index >= 15 is 0 Å². The maximum atomic E-state index is 11.7. The molecule has 1 heterocycles. The van der Waals surface area contributed by atoms with Crippen LogP contribution in [0.15, 0.2) is 35.1 Å². The van der Waals surface area contributed by atoms with Crippen LogP contribution in [-0.4, -0.2) is 27.5 Å². The Morgan fingerprint density at radius 1 is 1.40 bits per heavy atom. The zero-order valence-corrected chi connectivity index (χ0v) is 11.2. The molecule has 0 saturated carbocycles. The Balaban J connectivity index is 2.55. The summed E-state index contributed by atoms with van der Waals surface area (Å²) >= 11 is 0. The zero-order valence-electron chi connectivity index (χ0n) is 11.2. The Labute approximate surface area is 115 Å². The van der Waals surface area contributed by atoms with Crippen molar-refractivity contribution in [2.24, 2.45) is 7.05 Å². The average Bonchev–Trinajstić information content (AvgIpc) is 2.42. The molecule has 6 nitrogen and oxygen atoms in total. The van der Waals surface area contributed by atoms with Gasteiger partial charge in [-0.2, -0.15) is 5.10 Å². The molecule has 0 aliphatic carbocycles. The van der Waals surface area contributed by atoms with Crippen molar-refractivity contribution in [3.05, 3.63) is 46.2 Å². The first kappa shape index (κ1) is 13.8. The molecule has 1 N–H and O–H groups in total. The fourth-order valence-electron chi connectivity index (χ4n) is 1.81. The molecule has 20 heavy (non-hydrogen) atoms. The molecule has 6 heteroatoms. The molecule has 0 atom stereocenters. The molecule has 0 unspecified atom stereocenters. The molecule has 0 radical (unpaired) electrons. The van der Waals surface area contributed by atoms with Crippen LogP contribution >= 0.6 is 0 Å². The Bertz CT molecular complexity index is 707. The number of carboxylic acid groups (broad SMARTS) is 1. The number of rotatable bonds is 4. The second kappa shape index (κ2) is 5.56.